The molecular weight excluding hydrogens is 326 g/mol. The van der Waals surface area contributed by atoms with Crippen LogP contribution in [0.15, 0.2) is 40.9 Å². The van der Waals surface area contributed by atoms with Crippen LogP contribution in [0.2, 0.25) is 5.02 Å². The van der Waals surface area contributed by atoms with Gasteiger partial charge in [0.2, 0.25) is 0 Å². The third-order valence-electron chi connectivity index (χ3n) is 3.17. The second kappa shape index (κ2) is 5.43. The number of fused-ring (bicyclic) bond motifs is 1. The summed E-state index contributed by atoms with van der Waals surface area (Å²) in [5.41, 5.74) is 3.61. The van der Waals surface area contributed by atoms with Gasteiger partial charge < -0.3 is 10.1 Å². The Hall–Kier alpha value is -1.19. The van der Waals surface area contributed by atoms with Crippen molar-refractivity contribution in [3.63, 3.8) is 0 Å². The number of benzene rings is 2. The zero-order chi connectivity index (χ0) is 13.2. The Morgan fingerprint density at radius 3 is 2.95 bits per heavy atom. The van der Waals surface area contributed by atoms with Gasteiger partial charge in [-0.3, -0.25) is 0 Å². The van der Waals surface area contributed by atoms with E-state index >= 15 is 0 Å². The Kier molecular flexibility index (Phi) is 3.67. The van der Waals surface area contributed by atoms with Gasteiger partial charge in [0.25, 0.3) is 0 Å². The van der Waals surface area contributed by atoms with E-state index in [0.717, 1.165) is 40.5 Å². The normalized spacial score (nSPS) is 12.9. The number of ether oxygens (including phenoxy) is 1. The Balaban J connectivity index is 1.70. The van der Waals surface area contributed by atoms with Crippen LogP contribution in [0.1, 0.15) is 11.1 Å². The van der Waals surface area contributed by atoms with Crippen LogP contribution >= 0.6 is 27.5 Å². The number of hydrogen-bond acceptors (Lipinski definition) is 2. The molecular formula is C15H13BrClNO. The molecule has 0 amide bonds. The number of hydrogen-bond donors (Lipinski definition) is 1. The van der Waals surface area contributed by atoms with Gasteiger partial charge in [-0.2, -0.15) is 0 Å². The zero-order valence-electron chi connectivity index (χ0n) is 10.2. The molecule has 0 atom stereocenters. The SMILES string of the molecule is Clc1ccc(NCc2ccc3c(c2)CCO3)cc1Br. The predicted octanol–water partition coefficient (Wildman–Crippen LogP) is 4.65. The molecule has 2 nitrogen and oxygen atoms in total. The minimum Gasteiger partial charge on any atom is -0.493 e. The number of nitrogens with one attached hydrogen (secondary N) is 1. The van der Waals surface area contributed by atoms with Crippen molar-refractivity contribution in [3.8, 4) is 5.75 Å². The fourth-order valence-electron chi connectivity index (χ4n) is 2.16. The molecule has 1 heterocycles. The van der Waals surface area contributed by atoms with Crippen molar-refractivity contribution in [2.75, 3.05) is 11.9 Å². The van der Waals surface area contributed by atoms with Crippen molar-refractivity contribution in [3.05, 3.63) is 57.0 Å². The van der Waals surface area contributed by atoms with E-state index in [1.165, 1.54) is 11.1 Å². The molecule has 1 aliphatic heterocycles. The van der Waals surface area contributed by atoms with E-state index in [-0.39, 0.29) is 0 Å². The van der Waals surface area contributed by atoms with E-state index in [0.29, 0.717) is 0 Å². The van der Waals surface area contributed by atoms with Gasteiger partial charge in [-0.05, 0) is 51.3 Å². The fraction of sp³-hybridized carbons (Fsp3) is 0.200. The van der Waals surface area contributed by atoms with Gasteiger partial charge in [0.1, 0.15) is 5.75 Å². The molecule has 0 saturated heterocycles. The van der Waals surface area contributed by atoms with Crippen LogP contribution in [-0.2, 0) is 13.0 Å². The van der Waals surface area contributed by atoms with Gasteiger partial charge >= 0.3 is 0 Å². The molecule has 0 radical (unpaired) electrons. The van der Waals surface area contributed by atoms with Gasteiger partial charge in [-0.25, -0.2) is 0 Å². The first-order valence-electron chi connectivity index (χ1n) is 6.16. The summed E-state index contributed by atoms with van der Waals surface area (Å²) in [5, 5.41) is 4.11. The van der Waals surface area contributed by atoms with E-state index in [1.807, 2.05) is 18.2 Å². The van der Waals surface area contributed by atoms with E-state index in [2.05, 4.69) is 39.4 Å². The van der Waals surface area contributed by atoms with Crippen molar-refractivity contribution < 1.29 is 4.74 Å². The molecule has 1 aliphatic rings. The highest BCUT2D eigenvalue weighted by atomic mass is 79.9. The lowest BCUT2D eigenvalue weighted by atomic mass is 10.1. The van der Waals surface area contributed by atoms with E-state index in [4.69, 9.17) is 16.3 Å². The summed E-state index contributed by atoms with van der Waals surface area (Å²) in [6, 6.07) is 12.2. The van der Waals surface area contributed by atoms with Crippen molar-refractivity contribution in [2.24, 2.45) is 0 Å². The van der Waals surface area contributed by atoms with E-state index in [9.17, 15) is 0 Å². The predicted molar refractivity (Wildman–Crippen MR) is 82.1 cm³/mol. The first-order valence-corrected chi connectivity index (χ1v) is 7.33. The maximum Gasteiger partial charge on any atom is 0.122 e. The quantitative estimate of drug-likeness (QED) is 0.879. The molecule has 0 bridgehead atoms. The highest BCUT2D eigenvalue weighted by Gasteiger charge is 2.11. The van der Waals surface area contributed by atoms with Gasteiger partial charge in [0.15, 0.2) is 0 Å². The zero-order valence-corrected chi connectivity index (χ0v) is 12.6. The van der Waals surface area contributed by atoms with Crippen LogP contribution in [0.3, 0.4) is 0 Å². The Morgan fingerprint density at radius 2 is 2.11 bits per heavy atom. The van der Waals surface area contributed by atoms with Crippen LogP contribution in [0.5, 0.6) is 5.75 Å². The summed E-state index contributed by atoms with van der Waals surface area (Å²) in [5.74, 6) is 1.03. The van der Waals surface area contributed by atoms with Gasteiger partial charge in [-0.15, -0.1) is 0 Å². The van der Waals surface area contributed by atoms with E-state index < -0.39 is 0 Å². The largest absolute Gasteiger partial charge is 0.493 e. The van der Waals surface area contributed by atoms with Crippen LogP contribution in [-0.4, -0.2) is 6.61 Å². The molecule has 0 fully saturated rings. The van der Waals surface area contributed by atoms with Crippen LogP contribution in [0, 0.1) is 0 Å². The molecule has 98 valence electrons. The minimum atomic E-state index is 0.722. The molecule has 0 aliphatic carbocycles. The Morgan fingerprint density at radius 1 is 1.21 bits per heavy atom. The maximum absolute atomic E-state index is 5.97. The Bertz CT molecular complexity index is 615. The van der Waals surface area contributed by atoms with Gasteiger partial charge in [0, 0.05) is 23.1 Å². The van der Waals surface area contributed by atoms with Crippen molar-refractivity contribution in [1.82, 2.24) is 0 Å². The lowest BCUT2D eigenvalue weighted by Gasteiger charge is -2.09. The molecule has 0 spiro atoms. The monoisotopic (exact) mass is 337 g/mol. The number of anilines is 1. The molecule has 3 rings (SSSR count). The average Bonchev–Trinajstić information content (AvgIpc) is 2.87. The third kappa shape index (κ3) is 2.88. The number of halogens is 2. The third-order valence-corrected chi connectivity index (χ3v) is 4.38. The standard InChI is InChI=1S/C15H13BrClNO/c16-13-8-12(2-3-14(13)17)18-9-10-1-4-15-11(7-10)5-6-19-15/h1-4,7-8,18H,5-6,9H2. The minimum absolute atomic E-state index is 0.722. The first-order chi connectivity index (χ1) is 9.22. The van der Waals surface area contributed by atoms with Crippen molar-refractivity contribution >= 4 is 33.2 Å². The highest BCUT2D eigenvalue weighted by molar-refractivity contribution is 9.10. The van der Waals surface area contributed by atoms with Crippen molar-refractivity contribution in [2.45, 2.75) is 13.0 Å². The molecule has 0 unspecified atom stereocenters. The number of rotatable bonds is 3. The summed E-state index contributed by atoms with van der Waals surface area (Å²) in [6.07, 6.45) is 1.01. The van der Waals surface area contributed by atoms with Crippen molar-refractivity contribution in [1.29, 1.82) is 0 Å². The maximum atomic E-state index is 5.97. The molecule has 2 aromatic carbocycles. The summed E-state index contributed by atoms with van der Waals surface area (Å²) in [7, 11) is 0. The first kappa shape index (κ1) is 12.8. The molecule has 4 heteroatoms. The molecule has 1 N–H and O–H groups in total. The lowest BCUT2D eigenvalue weighted by molar-refractivity contribution is 0.357. The van der Waals surface area contributed by atoms with E-state index in [1.54, 1.807) is 0 Å². The second-order valence-electron chi connectivity index (χ2n) is 4.52. The highest BCUT2D eigenvalue weighted by Crippen LogP contribution is 2.27. The van der Waals surface area contributed by atoms with Gasteiger partial charge in [-0.1, -0.05) is 23.7 Å². The summed E-state index contributed by atoms with van der Waals surface area (Å²) < 4.78 is 6.41. The van der Waals surface area contributed by atoms with Gasteiger partial charge in [0.05, 0.1) is 11.6 Å². The summed E-state index contributed by atoms with van der Waals surface area (Å²) in [4.78, 5) is 0. The molecule has 19 heavy (non-hydrogen) atoms. The van der Waals surface area contributed by atoms with Crippen LogP contribution in [0.25, 0.3) is 0 Å². The smallest absolute Gasteiger partial charge is 0.122 e. The average molecular weight is 339 g/mol. The molecule has 0 aromatic heterocycles. The molecule has 2 aromatic rings. The summed E-state index contributed by atoms with van der Waals surface area (Å²) in [6.45, 7) is 1.59. The summed E-state index contributed by atoms with van der Waals surface area (Å²) >= 11 is 9.40. The molecule has 0 saturated carbocycles. The van der Waals surface area contributed by atoms with Crippen LogP contribution in [0.4, 0.5) is 5.69 Å². The Labute approximate surface area is 125 Å². The second-order valence-corrected chi connectivity index (χ2v) is 5.78. The van der Waals surface area contributed by atoms with Crippen LogP contribution < -0.4 is 10.1 Å². The topological polar surface area (TPSA) is 21.3 Å². The lowest BCUT2D eigenvalue weighted by Crippen LogP contribution is -1.99. The fourth-order valence-corrected chi connectivity index (χ4v) is 2.66.